The van der Waals surface area contributed by atoms with Crippen LogP contribution in [0.25, 0.3) is 0 Å². The second-order valence-electron chi connectivity index (χ2n) is 7.25. The van der Waals surface area contributed by atoms with Crippen LogP contribution in [-0.4, -0.2) is 64.9 Å². The number of aryl methyl sites for hydroxylation is 1. The molecule has 1 aliphatic heterocycles. The molecule has 3 rings (SSSR count). The smallest absolute Gasteiger partial charge is 0.257 e. The van der Waals surface area contributed by atoms with Crippen molar-refractivity contribution in [3.63, 3.8) is 0 Å². The Kier molecular flexibility index (Phi) is 6.31. The minimum absolute atomic E-state index is 0.0449. The summed E-state index contributed by atoms with van der Waals surface area (Å²) < 4.78 is 5.22. The molecule has 0 saturated carbocycles. The van der Waals surface area contributed by atoms with Crippen molar-refractivity contribution < 1.29 is 14.3 Å². The zero-order valence-electron chi connectivity index (χ0n) is 17.1. The highest BCUT2D eigenvalue weighted by Gasteiger charge is 2.27. The number of methoxy groups -OCH3 is 1. The van der Waals surface area contributed by atoms with E-state index in [4.69, 9.17) is 10.5 Å². The van der Waals surface area contributed by atoms with Crippen molar-refractivity contribution in [2.75, 3.05) is 33.0 Å². The first-order chi connectivity index (χ1) is 13.9. The van der Waals surface area contributed by atoms with Crippen molar-refractivity contribution in [3.05, 3.63) is 47.3 Å². The van der Waals surface area contributed by atoms with Gasteiger partial charge in [-0.25, -0.2) is 9.97 Å². The molecular weight excluding hydrogens is 370 g/mol. The number of anilines is 1. The van der Waals surface area contributed by atoms with Crippen LogP contribution >= 0.6 is 0 Å². The number of nitrogens with two attached hydrogens (primary N) is 1. The molecule has 2 N–H and O–H groups in total. The Morgan fingerprint density at radius 1 is 1.28 bits per heavy atom. The Balaban J connectivity index is 1.67. The van der Waals surface area contributed by atoms with Crippen molar-refractivity contribution in [3.8, 4) is 5.75 Å². The summed E-state index contributed by atoms with van der Waals surface area (Å²) in [4.78, 5) is 37.4. The molecule has 2 aromatic rings. The Labute approximate surface area is 170 Å². The zero-order chi connectivity index (χ0) is 21.0. The summed E-state index contributed by atoms with van der Waals surface area (Å²) in [6, 6.07) is 7.22. The van der Waals surface area contributed by atoms with E-state index in [-0.39, 0.29) is 23.8 Å². The van der Waals surface area contributed by atoms with Gasteiger partial charge in [-0.3, -0.25) is 9.59 Å². The lowest BCUT2D eigenvalue weighted by Gasteiger charge is -2.27. The highest BCUT2D eigenvalue weighted by molar-refractivity contribution is 5.95. The lowest BCUT2D eigenvalue weighted by molar-refractivity contribution is 0.0709. The molecule has 8 heteroatoms. The molecule has 8 nitrogen and oxygen atoms in total. The molecule has 0 unspecified atom stereocenters. The summed E-state index contributed by atoms with van der Waals surface area (Å²) >= 11 is 0. The first-order valence-electron chi connectivity index (χ1n) is 9.70. The second-order valence-corrected chi connectivity index (χ2v) is 7.25. The van der Waals surface area contributed by atoms with Gasteiger partial charge in [-0.15, -0.1) is 0 Å². The van der Waals surface area contributed by atoms with Gasteiger partial charge in [-0.05, 0) is 44.4 Å². The number of carbonyl (C=O) groups is 2. The number of ether oxygens (including phenoxy) is 1. The van der Waals surface area contributed by atoms with E-state index < -0.39 is 0 Å². The van der Waals surface area contributed by atoms with Gasteiger partial charge in [0, 0.05) is 37.9 Å². The molecule has 1 saturated heterocycles. The Bertz CT molecular complexity index is 902. The topological polar surface area (TPSA) is 102 Å². The molecule has 1 aliphatic rings. The van der Waals surface area contributed by atoms with Crippen LogP contribution in [-0.2, 0) is 0 Å². The van der Waals surface area contributed by atoms with Crippen LogP contribution in [0.4, 0.5) is 5.95 Å². The number of benzene rings is 1. The largest absolute Gasteiger partial charge is 0.497 e. The first-order valence-corrected chi connectivity index (χ1v) is 9.70. The molecule has 1 aromatic heterocycles. The van der Waals surface area contributed by atoms with Crippen LogP contribution in [0.2, 0.25) is 0 Å². The van der Waals surface area contributed by atoms with Gasteiger partial charge in [0.2, 0.25) is 5.95 Å². The summed E-state index contributed by atoms with van der Waals surface area (Å²) in [5.41, 5.74) is 7.23. The number of aromatic nitrogens is 2. The predicted octanol–water partition coefficient (Wildman–Crippen LogP) is 2.14. The van der Waals surface area contributed by atoms with E-state index in [2.05, 4.69) is 9.97 Å². The molecule has 0 bridgehead atoms. The van der Waals surface area contributed by atoms with E-state index in [1.807, 2.05) is 24.1 Å². The molecular formula is C21H27N5O3. The van der Waals surface area contributed by atoms with Gasteiger partial charge in [-0.1, -0.05) is 6.07 Å². The molecule has 0 radical (unpaired) electrons. The first kappa shape index (κ1) is 20.6. The number of nitrogen functional groups attached to an aromatic ring is 1. The monoisotopic (exact) mass is 397 g/mol. The molecule has 154 valence electrons. The zero-order valence-corrected chi connectivity index (χ0v) is 17.1. The third-order valence-electron chi connectivity index (χ3n) is 5.40. The minimum atomic E-state index is -0.0927. The molecule has 0 spiro atoms. The summed E-state index contributed by atoms with van der Waals surface area (Å²) in [6.45, 7) is 2.97. The fraction of sp³-hybridized carbons (Fsp3) is 0.429. The molecule has 2 heterocycles. The van der Waals surface area contributed by atoms with Gasteiger partial charge >= 0.3 is 0 Å². The minimum Gasteiger partial charge on any atom is -0.497 e. The maximum absolute atomic E-state index is 12.9. The van der Waals surface area contributed by atoms with Crippen molar-refractivity contribution in [2.24, 2.45) is 0 Å². The highest BCUT2D eigenvalue weighted by atomic mass is 16.5. The fourth-order valence-electron chi connectivity index (χ4n) is 3.66. The summed E-state index contributed by atoms with van der Waals surface area (Å²) in [6.07, 6.45) is 3.86. The number of rotatable bonds is 4. The van der Waals surface area contributed by atoms with Crippen LogP contribution in [0.15, 0.2) is 30.5 Å². The molecule has 2 amide bonds. The van der Waals surface area contributed by atoms with Gasteiger partial charge in [0.05, 0.1) is 18.4 Å². The van der Waals surface area contributed by atoms with Crippen LogP contribution in [0.1, 0.15) is 45.7 Å². The summed E-state index contributed by atoms with van der Waals surface area (Å²) in [7, 11) is 3.40. The molecule has 0 aliphatic carbocycles. The Morgan fingerprint density at radius 3 is 2.79 bits per heavy atom. The number of amides is 2. The molecule has 1 atom stereocenters. The van der Waals surface area contributed by atoms with E-state index in [0.717, 1.165) is 12.8 Å². The Morgan fingerprint density at radius 2 is 2.07 bits per heavy atom. The van der Waals surface area contributed by atoms with E-state index in [0.29, 0.717) is 42.1 Å². The van der Waals surface area contributed by atoms with Gasteiger partial charge < -0.3 is 20.3 Å². The maximum Gasteiger partial charge on any atom is 0.257 e. The van der Waals surface area contributed by atoms with Crippen molar-refractivity contribution >= 4 is 17.8 Å². The Hall–Kier alpha value is -3.16. The molecule has 1 aromatic carbocycles. The van der Waals surface area contributed by atoms with E-state index >= 15 is 0 Å². The van der Waals surface area contributed by atoms with Gasteiger partial charge in [-0.2, -0.15) is 0 Å². The third kappa shape index (κ3) is 4.64. The number of nitrogens with zero attached hydrogens (tertiary/aromatic N) is 4. The standard InChI is InChI=1S/C21H27N5O3/c1-14-18(13-23-21(22)24-14)20(28)26-10-5-7-16(9-11-26)25(2)19(27)15-6-4-8-17(12-15)29-3/h4,6,8,12-13,16H,5,7,9-11H2,1-3H3,(H2,22,23,24)/t16-/m0/s1. The average molecular weight is 397 g/mol. The van der Waals surface area contributed by atoms with Gasteiger partial charge in [0.1, 0.15) is 5.75 Å². The molecule has 29 heavy (non-hydrogen) atoms. The second kappa shape index (κ2) is 8.89. The quantitative estimate of drug-likeness (QED) is 0.848. The van der Waals surface area contributed by atoms with Crippen LogP contribution < -0.4 is 10.5 Å². The molecule has 1 fully saturated rings. The lowest BCUT2D eigenvalue weighted by atomic mass is 10.1. The van der Waals surface area contributed by atoms with Crippen LogP contribution in [0.5, 0.6) is 5.75 Å². The number of likely N-dealkylation sites (tertiary alicyclic amines) is 1. The highest BCUT2D eigenvalue weighted by Crippen LogP contribution is 2.21. The van der Waals surface area contributed by atoms with Crippen molar-refractivity contribution in [1.29, 1.82) is 0 Å². The normalized spacial score (nSPS) is 16.8. The van der Waals surface area contributed by atoms with Crippen molar-refractivity contribution in [2.45, 2.75) is 32.2 Å². The number of hydrogen-bond donors (Lipinski definition) is 1. The van der Waals surface area contributed by atoms with Gasteiger partial charge in [0.25, 0.3) is 11.8 Å². The fourth-order valence-corrected chi connectivity index (χ4v) is 3.66. The maximum atomic E-state index is 12.9. The van der Waals surface area contributed by atoms with E-state index in [9.17, 15) is 9.59 Å². The van der Waals surface area contributed by atoms with Crippen LogP contribution in [0.3, 0.4) is 0 Å². The summed E-state index contributed by atoms with van der Waals surface area (Å²) in [5.74, 6) is 0.678. The van der Waals surface area contributed by atoms with E-state index in [1.165, 1.54) is 6.20 Å². The SMILES string of the molecule is COc1cccc(C(=O)N(C)[C@H]2CCCN(C(=O)c3cnc(N)nc3C)CC2)c1. The predicted molar refractivity (Wildman–Crippen MR) is 110 cm³/mol. The van der Waals surface area contributed by atoms with Gasteiger partial charge in [0.15, 0.2) is 0 Å². The summed E-state index contributed by atoms with van der Waals surface area (Å²) in [5, 5.41) is 0. The average Bonchev–Trinajstić information content (AvgIpc) is 2.98. The third-order valence-corrected chi connectivity index (χ3v) is 5.40. The lowest BCUT2D eigenvalue weighted by Crippen LogP contribution is -2.38. The van der Waals surface area contributed by atoms with E-state index in [1.54, 1.807) is 31.1 Å². The van der Waals surface area contributed by atoms with Crippen LogP contribution in [0, 0.1) is 6.92 Å². The van der Waals surface area contributed by atoms with Crippen molar-refractivity contribution in [1.82, 2.24) is 19.8 Å². The number of carbonyl (C=O) groups excluding carboxylic acids is 2. The number of hydrogen-bond acceptors (Lipinski definition) is 6.